The Morgan fingerprint density at radius 3 is 2.68 bits per heavy atom. The van der Waals surface area contributed by atoms with Gasteiger partial charge in [0.1, 0.15) is 0 Å². The number of rotatable bonds is 5. The number of hydrogen-bond donors (Lipinski definition) is 2. The van der Waals surface area contributed by atoms with E-state index in [2.05, 4.69) is 20.6 Å². The summed E-state index contributed by atoms with van der Waals surface area (Å²) in [6.07, 6.45) is 1.79. The van der Waals surface area contributed by atoms with Crippen LogP contribution >= 0.6 is 47.2 Å². The molecule has 0 bridgehead atoms. The van der Waals surface area contributed by atoms with Gasteiger partial charge in [0.05, 0.1) is 18.3 Å². The molecule has 0 saturated heterocycles. The van der Waals surface area contributed by atoms with Crippen LogP contribution in [0.15, 0.2) is 41.5 Å². The molecular formula is C18H23Cl2IN4. The normalized spacial score (nSPS) is 12.3. The lowest BCUT2D eigenvalue weighted by atomic mass is 10.1. The predicted octanol–water partition coefficient (Wildman–Crippen LogP) is 5.13. The lowest BCUT2D eigenvalue weighted by molar-refractivity contribution is 0.686. The smallest absolute Gasteiger partial charge is 0.192 e. The summed E-state index contributed by atoms with van der Waals surface area (Å²) < 4.78 is 0. The summed E-state index contributed by atoms with van der Waals surface area (Å²) in [7, 11) is 0. The Bertz CT molecular complexity index is 722. The van der Waals surface area contributed by atoms with E-state index < -0.39 is 0 Å². The summed E-state index contributed by atoms with van der Waals surface area (Å²) in [4.78, 5) is 8.99. The van der Waals surface area contributed by atoms with Crippen molar-refractivity contribution in [2.75, 3.05) is 6.54 Å². The first-order chi connectivity index (χ1) is 11.5. The van der Waals surface area contributed by atoms with Crippen molar-refractivity contribution in [3.8, 4) is 0 Å². The van der Waals surface area contributed by atoms with Crippen molar-refractivity contribution >= 4 is 53.1 Å². The summed E-state index contributed by atoms with van der Waals surface area (Å²) in [6, 6.07) is 9.47. The second kappa shape index (κ2) is 10.8. The molecule has 2 aromatic rings. The summed E-state index contributed by atoms with van der Waals surface area (Å²) in [6.45, 7) is 7.39. The fraction of sp³-hybridized carbons (Fsp3) is 0.333. The molecule has 1 aromatic carbocycles. The number of aromatic nitrogens is 1. The third-order valence-electron chi connectivity index (χ3n) is 3.63. The number of hydrogen-bond acceptors (Lipinski definition) is 2. The molecule has 4 nitrogen and oxygen atoms in total. The Labute approximate surface area is 176 Å². The zero-order valence-electron chi connectivity index (χ0n) is 14.5. The quantitative estimate of drug-likeness (QED) is 0.345. The van der Waals surface area contributed by atoms with Crippen LogP contribution in [0.2, 0.25) is 10.0 Å². The SMILES string of the molecule is CCNC(=NCc1ncccc1C)NC(C)c1ccc(Cl)cc1Cl.I. The molecule has 0 aliphatic heterocycles. The largest absolute Gasteiger partial charge is 0.357 e. The fourth-order valence-electron chi connectivity index (χ4n) is 2.29. The molecule has 0 aliphatic carbocycles. The molecule has 0 aliphatic rings. The molecule has 1 atom stereocenters. The summed E-state index contributed by atoms with van der Waals surface area (Å²) in [5.41, 5.74) is 3.07. The van der Waals surface area contributed by atoms with Crippen LogP contribution in [0.1, 0.15) is 36.7 Å². The first-order valence-electron chi connectivity index (χ1n) is 7.91. The maximum atomic E-state index is 6.28. The van der Waals surface area contributed by atoms with Gasteiger partial charge < -0.3 is 10.6 Å². The molecule has 0 saturated carbocycles. The van der Waals surface area contributed by atoms with Crippen molar-refractivity contribution in [1.29, 1.82) is 0 Å². The average molecular weight is 493 g/mol. The van der Waals surface area contributed by atoms with Crippen molar-refractivity contribution in [2.45, 2.75) is 33.4 Å². The van der Waals surface area contributed by atoms with Crippen molar-refractivity contribution in [3.63, 3.8) is 0 Å². The first kappa shape index (κ1) is 22.0. The zero-order valence-corrected chi connectivity index (χ0v) is 18.4. The number of benzene rings is 1. The molecule has 0 fully saturated rings. The van der Waals surface area contributed by atoms with Gasteiger partial charge in [-0.15, -0.1) is 24.0 Å². The molecule has 1 unspecified atom stereocenters. The topological polar surface area (TPSA) is 49.3 Å². The third kappa shape index (κ3) is 6.64. The van der Waals surface area contributed by atoms with E-state index in [0.717, 1.165) is 29.3 Å². The standard InChI is InChI=1S/C18H22Cl2N4.HI/c1-4-21-18(23-11-17-12(2)6-5-9-22-17)24-13(3)15-8-7-14(19)10-16(15)20;/h5-10,13H,4,11H2,1-3H3,(H2,21,23,24);1H. The van der Waals surface area contributed by atoms with Gasteiger partial charge >= 0.3 is 0 Å². The van der Waals surface area contributed by atoms with Crippen molar-refractivity contribution in [2.24, 2.45) is 4.99 Å². The van der Waals surface area contributed by atoms with Crippen LogP contribution in [0.4, 0.5) is 0 Å². The van der Waals surface area contributed by atoms with Crippen molar-refractivity contribution < 1.29 is 0 Å². The maximum Gasteiger partial charge on any atom is 0.192 e. The van der Waals surface area contributed by atoms with E-state index in [0.29, 0.717) is 16.6 Å². The molecule has 1 aromatic heterocycles. The van der Waals surface area contributed by atoms with E-state index >= 15 is 0 Å². The number of guanidine groups is 1. The zero-order chi connectivity index (χ0) is 17.5. The first-order valence-corrected chi connectivity index (χ1v) is 8.67. The molecule has 7 heteroatoms. The minimum atomic E-state index is -0.00241. The number of pyridine rings is 1. The highest BCUT2D eigenvalue weighted by atomic mass is 127. The van der Waals surface area contributed by atoms with Gasteiger partial charge in [-0.3, -0.25) is 4.98 Å². The van der Waals surface area contributed by atoms with Crippen LogP contribution in [0.25, 0.3) is 0 Å². The number of nitrogens with one attached hydrogen (secondary N) is 2. The highest BCUT2D eigenvalue weighted by Crippen LogP contribution is 2.26. The molecule has 136 valence electrons. The minimum Gasteiger partial charge on any atom is -0.357 e. The summed E-state index contributed by atoms with van der Waals surface area (Å²) >= 11 is 12.2. The Balaban J connectivity index is 0.00000312. The monoisotopic (exact) mass is 492 g/mol. The lowest BCUT2D eigenvalue weighted by Crippen LogP contribution is -2.38. The summed E-state index contributed by atoms with van der Waals surface area (Å²) in [5, 5.41) is 7.88. The van der Waals surface area contributed by atoms with Crippen LogP contribution in [0.3, 0.4) is 0 Å². The van der Waals surface area contributed by atoms with E-state index in [1.54, 1.807) is 12.3 Å². The van der Waals surface area contributed by atoms with Gasteiger partial charge in [0.15, 0.2) is 5.96 Å². The van der Waals surface area contributed by atoms with Crippen LogP contribution in [-0.4, -0.2) is 17.5 Å². The molecule has 0 spiro atoms. The van der Waals surface area contributed by atoms with Crippen molar-refractivity contribution in [3.05, 3.63) is 63.4 Å². The average Bonchev–Trinajstić information content (AvgIpc) is 2.54. The van der Waals surface area contributed by atoms with Gasteiger partial charge in [0.25, 0.3) is 0 Å². The van der Waals surface area contributed by atoms with Gasteiger partial charge in [-0.05, 0) is 50.1 Å². The molecule has 0 radical (unpaired) electrons. The van der Waals surface area contributed by atoms with Gasteiger partial charge in [0.2, 0.25) is 0 Å². The highest BCUT2D eigenvalue weighted by molar-refractivity contribution is 14.0. The van der Waals surface area contributed by atoms with Crippen LogP contribution in [0, 0.1) is 6.92 Å². The van der Waals surface area contributed by atoms with E-state index in [-0.39, 0.29) is 30.0 Å². The fourth-order valence-corrected chi connectivity index (χ4v) is 2.87. The molecule has 25 heavy (non-hydrogen) atoms. The maximum absolute atomic E-state index is 6.28. The van der Waals surface area contributed by atoms with Crippen molar-refractivity contribution in [1.82, 2.24) is 15.6 Å². The lowest BCUT2D eigenvalue weighted by Gasteiger charge is -2.19. The van der Waals surface area contributed by atoms with E-state index in [4.69, 9.17) is 23.2 Å². The van der Waals surface area contributed by atoms with E-state index in [1.807, 2.05) is 45.0 Å². The van der Waals surface area contributed by atoms with Crippen LogP contribution < -0.4 is 10.6 Å². The highest BCUT2D eigenvalue weighted by Gasteiger charge is 2.12. The Morgan fingerprint density at radius 1 is 1.28 bits per heavy atom. The van der Waals surface area contributed by atoms with Gasteiger partial charge in [-0.1, -0.05) is 35.3 Å². The second-order valence-corrected chi connectivity index (χ2v) is 6.34. The van der Waals surface area contributed by atoms with Gasteiger partial charge in [-0.2, -0.15) is 0 Å². The van der Waals surface area contributed by atoms with E-state index in [1.165, 1.54) is 0 Å². The Morgan fingerprint density at radius 2 is 2.04 bits per heavy atom. The number of aryl methyl sites for hydroxylation is 1. The second-order valence-electron chi connectivity index (χ2n) is 5.49. The molecule has 0 amide bonds. The van der Waals surface area contributed by atoms with Crippen LogP contribution in [-0.2, 0) is 6.54 Å². The molecular weight excluding hydrogens is 470 g/mol. The third-order valence-corrected chi connectivity index (χ3v) is 4.19. The Hall–Kier alpha value is -1.05. The van der Waals surface area contributed by atoms with Crippen LogP contribution in [0.5, 0.6) is 0 Å². The summed E-state index contributed by atoms with van der Waals surface area (Å²) in [5.74, 6) is 0.723. The van der Waals surface area contributed by atoms with E-state index in [9.17, 15) is 0 Å². The minimum absolute atomic E-state index is 0. The Kier molecular flexibility index (Phi) is 9.53. The molecule has 2 rings (SSSR count). The van der Waals surface area contributed by atoms with Gasteiger partial charge in [-0.25, -0.2) is 4.99 Å². The van der Waals surface area contributed by atoms with Gasteiger partial charge in [0, 0.05) is 22.8 Å². The molecule has 2 N–H and O–H groups in total. The number of aliphatic imine (C=N–C) groups is 1. The number of halogens is 3. The predicted molar refractivity (Wildman–Crippen MR) is 117 cm³/mol. The molecule has 1 heterocycles. The number of nitrogens with zero attached hydrogens (tertiary/aromatic N) is 2.